The molecule has 38 heavy (non-hydrogen) atoms. The van der Waals surface area contributed by atoms with Crippen LogP contribution in [0.4, 0.5) is 17.2 Å². The van der Waals surface area contributed by atoms with Crippen LogP contribution in [-0.2, 0) is 13.1 Å². The van der Waals surface area contributed by atoms with Gasteiger partial charge < -0.3 is 20.8 Å². The third kappa shape index (κ3) is 5.99. The number of hydrogen-bond donors (Lipinski definition) is 4. The van der Waals surface area contributed by atoms with Crippen molar-refractivity contribution in [2.24, 2.45) is 11.8 Å². The molecule has 0 spiro atoms. The third-order valence-electron chi connectivity index (χ3n) is 7.72. The second kappa shape index (κ2) is 12.1. The van der Waals surface area contributed by atoms with E-state index >= 15 is 0 Å². The zero-order chi connectivity index (χ0) is 27.2. The van der Waals surface area contributed by atoms with Crippen molar-refractivity contribution >= 4 is 17.2 Å². The molecule has 1 aliphatic heterocycles. The van der Waals surface area contributed by atoms with Gasteiger partial charge >= 0.3 is 5.69 Å². The number of benzene rings is 2. The summed E-state index contributed by atoms with van der Waals surface area (Å²) in [7, 11) is 1.77. The largest absolute Gasteiger partial charge is 0.504 e. The van der Waals surface area contributed by atoms with E-state index in [4.69, 9.17) is 0 Å². The van der Waals surface area contributed by atoms with E-state index in [-0.39, 0.29) is 46.3 Å². The van der Waals surface area contributed by atoms with Gasteiger partial charge in [-0.1, -0.05) is 50.2 Å². The number of nitrogens with one attached hydrogen (secondary N) is 2. The van der Waals surface area contributed by atoms with Gasteiger partial charge in [0.05, 0.1) is 22.4 Å². The number of nitro groups is 1. The first-order valence-electron chi connectivity index (χ1n) is 13.2. The summed E-state index contributed by atoms with van der Waals surface area (Å²) >= 11 is 0. The highest BCUT2D eigenvalue weighted by molar-refractivity contribution is 5.71. The van der Waals surface area contributed by atoms with Crippen LogP contribution in [-0.4, -0.2) is 45.2 Å². The van der Waals surface area contributed by atoms with Crippen LogP contribution in [0, 0.1) is 22.0 Å². The molecule has 3 aromatic rings. The lowest BCUT2D eigenvalue weighted by atomic mass is 9.73. The number of aromatic hydroxyl groups is 2. The van der Waals surface area contributed by atoms with Gasteiger partial charge in [0.1, 0.15) is 0 Å². The van der Waals surface area contributed by atoms with Gasteiger partial charge in [0.2, 0.25) is 5.82 Å². The molecular weight excluding hydrogens is 482 g/mol. The molecule has 1 aliphatic rings. The normalized spacial score (nSPS) is 18.6. The highest BCUT2D eigenvalue weighted by Gasteiger charge is 2.38. The quantitative estimate of drug-likeness (QED) is 0.153. The lowest BCUT2D eigenvalue weighted by Crippen LogP contribution is -2.41. The number of anilines is 2. The maximum absolute atomic E-state index is 12.5. The van der Waals surface area contributed by atoms with Crippen molar-refractivity contribution in [3.63, 3.8) is 0 Å². The minimum Gasteiger partial charge on any atom is -0.504 e. The van der Waals surface area contributed by atoms with E-state index in [1.54, 1.807) is 19.3 Å². The molecular formula is C29H37N5O4. The maximum atomic E-state index is 12.5. The summed E-state index contributed by atoms with van der Waals surface area (Å²) in [4.78, 5) is 19.1. The predicted octanol–water partition coefficient (Wildman–Crippen LogP) is 5.71. The highest BCUT2D eigenvalue weighted by atomic mass is 16.6. The minimum absolute atomic E-state index is 0.0147. The number of rotatable bonds is 10. The fraction of sp³-hybridized carbons (Fsp3) is 0.414. The molecule has 1 saturated heterocycles. The maximum Gasteiger partial charge on any atom is 0.316 e. The predicted molar refractivity (Wildman–Crippen MR) is 150 cm³/mol. The first-order valence-corrected chi connectivity index (χ1v) is 13.2. The molecule has 0 bridgehead atoms. The van der Waals surface area contributed by atoms with Gasteiger partial charge in [-0.05, 0) is 60.4 Å². The Bertz CT molecular complexity index is 1250. The van der Waals surface area contributed by atoms with Gasteiger partial charge in [0, 0.05) is 26.7 Å². The first-order chi connectivity index (χ1) is 18.3. The summed E-state index contributed by atoms with van der Waals surface area (Å²) in [6.07, 6.45) is 3.47. The Balaban J connectivity index is 1.66. The van der Waals surface area contributed by atoms with Gasteiger partial charge in [0.25, 0.3) is 0 Å². The lowest BCUT2D eigenvalue weighted by molar-refractivity contribution is -0.385. The van der Waals surface area contributed by atoms with E-state index in [1.807, 2.05) is 6.07 Å². The van der Waals surface area contributed by atoms with Crippen LogP contribution in [0.1, 0.15) is 49.3 Å². The summed E-state index contributed by atoms with van der Waals surface area (Å²) in [6, 6.07) is 14.9. The Hall–Kier alpha value is -3.85. The van der Waals surface area contributed by atoms with Crippen molar-refractivity contribution < 1.29 is 15.1 Å². The molecule has 3 atom stereocenters. The number of phenols is 2. The fourth-order valence-electron chi connectivity index (χ4n) is 5.67. The summed E-state index contributed by atoms with van der Waals surface area (Å²) in [5, 5.41) is 38.2. The summed E-state index contributed by atoms with van der Waals surface area (Å²) < 4.78 is 0. The second-order valence-electron chi connectivity index (χ2n) is 10.1. The van der Waals surface area contributed by atoms with Crippen LogP contribution in [0.25, 0.3) is 0 Å². The first kappa shape index (κ1) is 27.2. The zero-order valence-corrected chi connectivity index (χ0v) is 22.2. The number of aromatic nitrogens is 1. The molecule has 9 nitrogen and oxygen atoms in total. The zero-order valence-electron chi connectivity index (χ0n) is 22.2. The average Bonchev–Trinajstić information content (AvgIpc) is 2.91. The Kier molecular flexibility index (Phi) is 8.68. The average molecular weight is 520 g/mol. The van der Waals surface area contributed by atoms with E-state index in [9.17, 15) is 20.3 Å². The molecule has 2 unspecified atom stereocenters. The van der Waals surface area contributed by atoms with Crippen molar-refractivity contribution in [3.8, 4) is 11.5 Å². The minimum atomic E-state index is -0.336. The molecule has 1 fully saturated rings. The van der Waals surface area contributed by atoms with Crippen molar-refractivity contribution in [3.05, 3.63) is 81.5 Å². The molecule has 1 aromatic heterocycles. The van der Waals surface area contributed by atoms with Gasteiger partial charge in [-0.2, -0.15) is 0 Å². The van der Waals surface area contributed by atoms with E-state index in [2.05, 4.69) is 58.6 Å². The molecule has 0 aliphatic carbocycles. The lowest BCUT2D eigenvalue weighted by Gasteiger charge is -2.41. The molecule has 0 saturated carbocycles. The van der Waals surface area contributed by atoms with E-state index < -0.39 is 0 Å². The molecule has 4 N–H and O–H groups in total. The van der Waals surface area contributed by atoms with Gasteiger partial charge in [-0.15, -0.1) is 0 Å². The van der Waals surface area contributed by atoms with E-state index in [1.165, 1.54) is 17.7 Å². The molecule has 0 amide bonds. The van der Waals surface area contributed by atoms with Gasteiger partial charge in [-0.3, -0.25) is 15.0 Å². The highest BCUT2D eigenvalue weighted by Crippen LogP contribution is 2.46. The number of piperidine rings is 1. The van der Waals surface area contributed by atoms with Crippen LogP contribution in [0.2, 0.25) is 0 Å². The topological polar surface area (TPSA) is 124 Å². The molecule has 2 heterocycles. The van der Waals surface area contributed by atoms with Crippen LogP contribution < -0.4 is 10.6 Å². The molecule has 0 radical (unpaired) electrons. The standard InChI is InChI=1S/C29H37N5O4/c1-4-22(23-18-33(13-12-19(23)2)17-20-8-6-5-7-9-20)27-24(30-3)16-32-29(28(27)34(37)38)31-15-21-10-11-25(35)26(36)14-21/h5-11,14,16,19,22-23,30,35-36H,4,12-13,15,17-18H2,1-3H3,(H,31,32)/t19?,22-,23?/m0/s1. The Morgan fingerprint density at radius 2 is 1.92 bits per heavy atom. The molecule has 9 heteroatoms. The van der Waals surface area contributed by atoms with Crippen LogP contribution in [0.15, 0.2) is 54.7 Å². The molecule has 4 rings (SSSR count). The van der Waals surface area contributed by atoms with E-state index in [0.717, 1.165) is 32.5 Å². The smallest absolute Gasteiger partial charge is 0.316 e. The van der Waals surface area contributed by atoms with Crippen molar-refractivity contribution in [1.82, 2.24) is 9.88 Å². The monoisotopic (exact) mass is 519 g/mol. The van der Waals surface area contributed by atoms with E-state index in [0.29, 0.717) is 22.7 Å². The number of likely N-dealkylation sites (tertiary alicyclic amines) is 1. The summed E-state index contributed by atoms with van der Waals surface area (Å²) in [5.41, 5.74) is 3.28. The molecule has 2 aromatic carbocycles. The van der Waals surface area contributed by atoms with Crippen LogP contribution >= 0.6 is 0 Å². The molecule has 202 valence electrons. The van der Waals surface area contributed by atoms with Crippen molar-refractivity contribution in [2.45, 2.75) is 45.7 Å². The van der Waals surface area contributed by atoms with Crippen LogP contribution in [0.3, 0.4) is 0 Å². The summed E-state index contributed by atoms with van der Waals surface area (Å²) in [6.45, 7) is 7.31. The van der Waals surface area contributed by atoms with Crippen LogP contribution in [0.5, 0.6) is 11.5 Å². The van der Waals surface area contributed by atoms with Crippen molar-refractivity contribution in [2.75, 3.05) is 30.8 Å². The SMILES string of the molecule is CC[C@H](c1c(NC)cnc(NCc2ccc(O)c(O)c2)c1[N+](=O)[O-])C1CN(Cc2ccccc2)CCC1C. The second-order valence-corrected chi connectivity index (χ2v) is 10.1. The fourth-order valence-corrected chi connectivity index (χ4v) is 5.67. The van der Waals surface area contributed by atoms with Gasteiger partial charge in [-0.25, -0.2) is 4.98 Å². The van der Waals surface area contributed by atoms with Gasteiger partial charge in [0.15, 0.2) is 11.5 Å². The Morgan fingerprint density at radius 1 is 1.16 bits per heavy atom. The number of nitrogens with zero attached hydrogens (tertiary/aromatic N) is 3. The summed E-state index contributed by atoms with van der Waals surface area (Å²) in [5.74, 6) is 0.364. The Labute approximate surface area is 223 Å². The Morgan fingerprint density at radius 3 is 2.58 bits per heavy atom. The number of pyridine rings is 1. The third-order valence-corrected chi connectivity index (χ3v) is 7.72. The van der Waals surface area contributed by atoms with Crippen molar-refractivity contribution in [1.29, 1.82) is 0 Å². The number of phenolic OH excluding ortho intramolecular Hbond substituents is 2. The number of hydrogen-bond acceptors (Lipinski definition) is 8.